The van der Waals surface area contributed by atoms with Gasteiger partial charge in [0.15, 0.2) is 5.76 Å². The van der Waals surface area contributed by atoms with Gasteiger partial charge >= 0.3 is 0 Å². The number of hydrogen-bond acceptors (Lipinski definition) is 4. The number of hydrogen-bond donors (Lipinski definition) is 0. The zero-order valence-electron chi connectivity index (χ0n) is 17.1. The second kappa shape index (κ2) is 8.32. The Hall–Kier alpha value is -4.12. The van der Waals surface area contributed by atoms with Crippen molar-refractivity contribution in [2.45, 2.75) is 6.92 Å². The van der Waals surface area contributed by atoms with Crippen molar-refractivity contribution in [3.63, 3.8) is 0 Å². The largest absolute Gasteiger partial charge is 0.492 e. The maximum atomic E-state index is 6.10. The topological polar surface area (TPSA) is 52.5 Å². The van der Waals surface area contributed by atoms with E-state index in [0.29, 0.717) is 12.4 Å². The molecule has 0 atom stereocenters. The van der Waals surface area contributed by atoms with Gasteiger partial charge in [0, 0.05) is 23.4 Å². The first-order valence-corrected chi connectivity index (χ1v) is 10.2. The number of ether oxygens (including phenoxy) is 1. The Morgan fingerprint density at radius 1 is 0.968 bits per heavy atom. The van der Waals surface area contributed by atoms with Crippen LogP contribution in [-0.2, 0) is 0 Å². The van der Waals surface area contributed by atoms with E-state index in [4.69, 9.17) is 19.2 Å². The fraction of sp³-hybridized carbons (Fsp3) is 0.0769. The molecule has 5 heteroatoms. The number of para-hydroxylation sites is 4. The van der Waals surface area contributed by atoms with E-state index in [2.05, 4.69) is 0 Å². The Morgan fingerprint density at radius 2 is 1.74 bits per heavy atom. The van der Waals surface area contributed by atoms with Gasteiger partial charge in [-0.25, -0.2) is 4.68 Å². The van der Waals surface area contributed by atoms with Crippen molar-refractivity contribution in [2.75, 3.05) is 6.61 Å². The van der Waals surface area contributed by atoms with Crippen molar-refractivity contribution in [1.29, 1.82) is 0 Å². The summed E-state index contributed by atoms with van der Waals surface area (Å²) >= 11 is 0. The van der Waals surface area contributed by atoms with Gasteiger partial charge in [-0.15, -0.1) is 0 Å². The lowest BCUT2D eigenvalue weighted by molar-refractivity contribution is 0.341. The van der Waals surface area contributed by atoms with Crippen LogP contribution in [0.15, 0.2) is 101 Å². The van der Waals surface area contributed by atoms with Gasteiger partial charge in [-0.05, 0) is 43.3 Å². The second-order valence-corrected chi connectivity index (χ2v) is 7.02. The molecule has 0 unspecified atom stereocenters. The number of benzene rings is 3. The third-order valence-corrected chi connectivity index (χ3v) is 4.93. The first-order chi connectivity index (χ1) is 15.3. The summed E-state index contributed by atoms with van der Waals surface area (Å²) in [4.78, 5) is 4.70. The minimum atomic E-state index is 0.586. The van der Waals surface area contributed by atoms with Crippen molar-refractivity contribution < 1.29 is 9.15 Å². The number of fused-ring (bicyclic) bond motifs is 1. The molecular weight excluding hydrogens is 386 g/mol. The van der Waals surface area contributed by atoms with E-state index in [9.17, 15) is 0 Å². The zero-order chi connectivity index (χ0) is 21.0. The molecule has 0 N–H and O–H groups in total. The smallest absolute Gasteiger partial charge is 0.156 e. The minimum Gasteiger partial charge on any atom is -0.492 e. The predicted molar refractivity (Wildman–Crippen MR) is 124 cm³/mol. The molecule has 2 aromatic heterocycles. The highest BCUT2D eigenvalue weighted by molar-refractivity contribution is 5.92. The maximum absolute atomic E-state index is 6.10. The van der Waals surface area contributed by atoms with Gasteiger partial charge in [0.05, 0.1) is 12.3 Å². The Morgan fingerprint density at radius 3 is 2.58 bits per heavy atom. The van der Waals surface area contributed by atoms with Crippen molar-refractivity contribution >= 4 is 22.9 Å². The Labute approximate surface area is 180 Å². The molecule has 5 rings (SSSR count). The third-order valence-electron chi connectivity index (χ3n) is 4.93. The van der Waals surface area contributed by atoms with Crippen LogP contribution in [0.1, 0.15) is 12.5 Å². The van der Waals surface area contributed by atoms with E-state index in [1.165, 1.54) is 0 Å². The molecular formula is C26H21N3O2. The number of nitrogens with zero attached hydrogens (tertiary/aromatic N) is 3. The lowest BCUT2D eigenvalue weighted by Gasteiger charge is -2.05. The molecule has 31 heavy (non-hydrogen) atoms. The van der Waals surface area contributed by atoms with Crippen LogP contribution < -0.4 is 4.74 Å². The van der Waals surface area contributed by atoms with Gasteiger partial charge in [-0.1, -0.05) is 48.5 Å². The van der Waals surface area contributed by atoms with Gasteiger partial charge in [0.25, 0.3) is 0 Å². The summed E-state index contributed by atoms with van der Waals surface area (Å²) in [5, 5.41) is 5.86. The summed E-state index contributed by atoms with van der Waals surface area (Å²) < 4.78 is 13.6. The van der Waals surface area contributed by atoms with Crippen LogP contribution in [0.25, 0.3) is 28.1 Å². The number of aliphatic imine (C=N–C) groups is 1. The van der Waals surface area contributed by atoms with Crippen molar-refractivity contribution in [3.05, 3.63) is 96.7 Å². The molecule has 0 aliphatic rings. The highest BCUT2D eigenvalue weighted by Gasteiger charge is 2.15. The van der Waals surface area contributed by atoms with E-state index in [-0.39, 0.29) is 0 Å². The third kappa shape index (κ3) is 3.85. The molecule has 2 heterocycles. The predicted octanol–water partition coefficient (Wildman–Crippen LogP) is 6.43. The molecule has 0 amide bonds. The fourth-order valence-corrected chi connectivity index (χ4v) is 3.47. The van der Waals surface area contributed by atoms with E-state index < -0.39 is 0 Å². The van der Waals surface area contributed by atoms with E-state index in [0.717, 1.165) is 39.4 Å². The van der Waals surface area contributed by atoms with Crippen LogP contribution in [0.2, 0.25) is 0 Å². The monoisotopic (exact) mass is 407 g/mol. The highest BCUT2D eigenvalue weighted by atomic mass is 16.5. The summed E-state index contributed by atoms with van der Waals surface area (Å²) in [7, 11) is 0. The Balaban J connectivity index is 1.61. The molecule has 0 aliphatic carbocycles. The van der Waals surface area contributed by atoms with Gasteiger partial charge in [0.1, 0.15) is 22.7 Å². The summed E-state index contributed by atoms with van der Waals surface area (Å²) in [6.07, 6.45) is 3.78. The standard InChI is InChI=1S/C26H21N3O2/c1-2-30-24-15-9-7-13-22(24)27-17-20-18-29(21-11-4-3-5-12-21)28-26(20)25-16-19-10-6-8-14-23(19)31-25/h3-18H,2H2,1H3. The van der Waals surface area contributed by atoms with Crippen LogP contribution in [0.5, 0.6) is 5.75 Å². The van der Waals surface area contributed by atoms with Gasteiger partial charge < -0.3 is 9.15 Å². The van der Waals surface area contributed by atoms with Crippen LogP contribution in [0, 0.1) is 0 Å². The summed E-state index contributed by atoms with van der Waals surface area (Å²) in [6.45, 7) is 2.55. The van der Waals surface area contributed by atoms with Crippen LogP contribution in [0.3, 0.4) is 0 Å². The first kappa shape index (κ1) is 18.9. The second-order valence-electron chi connectivity index (χ2n) is 7.02. The van der Waals surface area contributed by atoms with Crippen LogP contribution in [-0.4, -0.2) is 22.6 Å². The molecule has 152 valence electrons. The summed E-state index contributed by atoms with van der Waals surface area (Å²) in [5.41, 5.74) is 4.16. The molecule has 0 saturated carbocycles. The molecule has 5 aromatic rings. The van der Waals surface area contributed by atoms with Crippen molar-refractivity contribution in [1.82, 2.24) is 9.78 Å². The first-order valence-electron chi connectivity index (χ1n) is 10.2. The van der Waals surface area contributed by atoms with Crippen molar-refractivity contribution in [3.8, 4) is 22.9 Å². The molecule has 0 spiro atoms. The average molecular weight is 407 g/mol. The molecule has 0 aliphatic heterocycles. The molecule has 0 radical (unpaired) electrons. The fourth-order valence-electron chi connectivity index (χ4n) is 3.47. The zero-order valence-corrected chi connectivity index (χ0v) is 17.1. The quantitative estimate of drug-likeness (QED) is 0.305. The molecule has 0 bridgehead atoms. The maximum Gasteiger partial charge on any atom is 0.156 e. The van der Waals surface area contributed by atoms with E-state index in [1.807, 2.05) is 109 Å². The number of aromatic nitrogens is 2. The van der Waals surface area contributed by atoms with Crippen LogP contribution in [0.4, 0.5) is 5.69 Å². The van der Waals surface area contributed by atoms with Crippen LogP contribution >= 0.6 is 0 Å². The highest BCUT2D eigenvalue weighted by Crippen LogP contribution is 2.31. The number of furan rings is 1. The summed E-state index contributed by atoms with van der Waals surface area (Å²) in [6, 6.07) is 27.7. The van der Waals surface area contributed by atoms with Crippen molar-refractivity contribution in [2.24, 2.45) is 4.99 Å². The van der Waals surface area contributed by atoms with Gasteiger partial charge in [-0.2, -0.15) is 5.10 Å². The lowest BCUT2D eigenvalue weighted by atomic mass is 10.2. The molecule has 0 fully saturated rings. The average Bonchev–Trinajstić information content (AvgIpc) is 3.43. The number of rotatable bonds is 6. The minimum absolute atomic E-state index is 0.586. The SMILES string of the molecule is CCOc1ccccc1N=Cc1cn(-c2ccccc2)nc1-c1cc2ccccc2o1. The summed E-state index contributed by atoms with van der Waals surface area (Å²) in [5.74, 6) is 1.46. The lowest BCUT2D eigenvalue weighted by Crippen LogP contribution is -1.93. The van der Waals surface area contributed by atoms with Gasteiger partial charge in [-0.3, -0.25) is 4.99 Å². The normalized spacial score (nSPS) is 11.4. The molecule has 3 aromatic carbocycles. The van der Waals surface area contributed by atoms with E-state index in [1.54, 1.807) is 0 Å². The Kier molecular flexibility index (Phi) is 5.07. The molecule has 0 saturated heterocycles. The Bertz CT molecular complexity index is 1320. The van der Waals surface area contributed by atoms with Gasteiger partial charge in [0.2, 0.25) is 0 Å². The van der Waals surface area contributed by atoms with E-state index >= 15 is 0 Å². The molecule has 5 nitrogen and oxygen atoms in total.